The van der Waals surface area contributed by atoms with Crippen LogP contribution in [0.2, 0.25) is 5.02 Å². The number of carbonyl (C=O) groups is 3. The first-order chi connectivity index (χ1) is 14.5. The molecule has 162 valence electrons. The highest BCUT2D eigenvalue weighted by Crippen LogP contribution is 2.57. The quantitative estimate of drug-likeness (QED) is 0.660. The Morgan fingerprint density at radius 3 is 2.19 bits per heavy atom. The lowest BCUT2D eigenvalue weighted by Crippen LogP contribution is -2.63. The number of imide groups is 1. The number of piperidine rings is 1. The summed E-state index contributed by atoms with van der Waals surface area (Å²) in [7, 11) is 0. The number of fused-ring (bicyclic) bond motifs is 2. The summed E-state index contributed by atoms with van der Waals surface area (Å²) >= 11 is 6.18. The van der Waals surface area contributed by atoms with Crippen LogP contribution in [-0.4, -0.2) is 17.7 Å². The van der Waals surface area contributed by atoms with E-state index in [9.17, 15) is 14.4 Å². The molecule has 2 aromatic carbocycles. The fourth-order valence-electron chi connectivity index (χ4n) is 5.24. The summed E-state index contributed by atoms with van der Waals surface area (Å²) in [6.45, 7) is 5.45. The first kappa shape index (κ1) is 21.4. The maximum atomic E-state index is 13.5. The maximum absolute atomic E-state index is 13.5. The van der Waals surface area contributed by atoms with E-state index in [-0.39, 0.29) is 17.7 Å². The molecule has 3 amide bonds. The van der Waals surface area contributed by atoms with Crippen molar-refractivity contribution < 1.29 is 19.1 Å². The van der Waals surface area contributed by atoms with Gasteiger partial charge in [0, 0.05) is 21.3 Å². The zero-order valence-corrected chi connectivity index (χ0v) is 18.5. The first-order valence-corrected chi connectivity index (χ1v) is 10.6. The summed E-state index contributed by atoms with van der Waals surface area (Å²) in [6.07, 6.45) is 1.12. The number of anilines is 1. The molecule has 2 bridgehead atoms. The largest absolute Gasteiger partial charge is 0.455 e. The molecule has 0 aromatic heterocycles. The number of amides is 3. The number of rotatable bonds is 4. The van der Waals surface area contributed by atoms with Gasteiger partial charge in [0.15, 0.2) is 5.75 Å². The molecule has 2 atom stereocenters. The Hall–Kier alpha value is -2.86. The predicted molar refractivity (Wildman–Crippen MR) is 118 cm³/mol. The standard InChI is InChI=1S/C24H25ClN2O4/c1-22(12-23(2)14-24(3,13-22)21(30)27-20(23)29)19(28)26-17-11-15(25)9-10-18(17)31-16-7-5-4-6-8-16/h4-11H,12-14H2,1-3H3,(H,26,28)(H,27,29,30). The van der Waals surface area contributed by atoms with Crippen molar-refractivity contribution in [1.29, 1.82) is 0 Å². The van der Waals surface area contributed by atoms with Crippen molar-refractivity contribution in [2.45, 2.75) is 40.0 Å². The van der Waals surface area contributed by atoms with Gasteiger partial charge in [0.2, 0.25) is 17.7 Å². The second-order valence-electron chi connectivity index (χ2n) is 9.51. The molecule has 1 saturated carbocycles. The summed E-state index contributed by atoms with van der Waals surface area (Å²) in [5, 5.41) is 5.88. The molecule has 1 heterocycles. The molecule has 0 radical (unpaired) electrons. The van der Waals surface area contributed by atoms with E-state index in [0.717, 1.165) is 0 Å². The van der Waals surface area contributed by atoms with Crippen molar-refractivity contribution in [3.8, 4) is 11.5 Å². The Morgan fingerprint density at radius 2 is 1.58 bits per heavy atom. The highest BCUT2D eigenvalue weighted by atomic mass is 35.5. The molecule has 2 N–H and O–H groups in total. The molecule has 4 rings (SSSR count). The van der Waals surface area contributed by atoms with E-state index in [2.05, 4.69) is 10.6 Å². The first-order valence-electron chi connectivity index (χ1n) is 10.2. The molecule has 1 aliphatic carbocycles. The fraction of sp³-hybridized carbons (Fsp3) is 0.375. The average Bonchev–Trinajstić information content (AvgIpc) is 2.69. The van der Waals surface area contributed by atoms with Crippen LogP contribution in [0.15, 0.2) is 48.5 Å². The van der Waals surface area contributed by atoms with Crippen molar-refractivity contribution >= 4 is 35.0 Å². The van der Waals surface area contributed by atoms with Crippen molar-refractivity contribution in [3.63, 3.8) is 0 Å². The monoisotopic (exact) mass is 440 g/mol. The molecule has 6 nitrogen and oxygen atoms in total. The Morgan fingerprint density at radius 1 is 0.968 bits per heavy atom. The zero-order chi connectivity index (χ0) is 22.4. The second-order valence-corrected chi connectivity index (χ2v) is 9.94. The SMILES string of the molecule is CC12CC(C)(CC(C)(C(=O)Nc3cc(Cl)ccc3Oc3ccccc3)C1)C(=O)NC2=O. The van der Waals surface area contributed by atoms with Gasteiger partial charge in [-0.25, -0.2) is 0 Å². The summed E-state index contributed by atoms with van der Waals surface area (Å²) in [5.74, 6) is 0.178. The van der Waals surface area contributed by atoms with Crippen LogP contribution in [-0.2, 0) is 14.4 Å². The van der Waals surface area contributed by atoms with Gasteiger partial charge in [0.25, 0.3) is 0 Å². The van der Waals surface area contributed by atoms with E-state index < -0.39 is 16.2 Å². The molecule has 2 unspecified atom stereocenters. The minimum atomic E-state index is -0.915. The van der Waals surface area contributed by atoms with Crippen molar-refractivity contribution in [3.05, 3.63) is 53.6 Å². The van der Waals surface area contributed by atoms with Gasteiger partial charge in [-0.3, -0.25) is 19.7 Å². The van der Waals surface area contributed by atoms with Crippen molar-refractivity contribution in [2.75, 3.05) is 5.32 Å². The summed E-state index contributed by atoms with van der Waals surface area (Å²) in [5.41, 5.74) is -2.05. The van der Waals surface area contributed by atoms with E-state index in [0.29, 0.717) is 41.5 Å². The number of para-hydroxylation sites is 1. The van der Waals surface area contributed by atoms with Gasteiger partial charge in [-0.2, -0.15) is 0 Å². The van der Waals surface area contributed by atoms with Crippen LogP contribution >= 0.6 is 11.6 Å². The van der Waals surface area contributed by atoms with Crippen molar-refractivity contribution in [2.24, 2.45) is 16.2 Å². The number of nitrogens with one attached hydrogen (secondary N) is 2. The average molecular weight is 441 g/mol. The Labute approximate surface area is 186 Å². The van der Waals surface area contributed by atoms with Gasteiger partial charge in [0.1, 0.15) is 5.75 Å². The van der Waals surface area contributed by atoms with E-state index in [1.165, 1.54) is 0 Å². The molecule has 7 heteroatoms. The van der Waals surface area contributed by atoms with Gasteiger partial charge in [-0.1, -0.05) is 50.6 Å². The van der Waals surface area contributed by atoms with E-state index in [4.69, 9.17) is 16.3 Å². The topological polar surface area (TPSA) is 84.5 Å². The van der Waals surface area contributed by atoms with Gasteiger partial charge in [0.05, 0.1) is 5.69 Å². The smallest absolute Gasteiger partial charge is 0.232 e. The highest BCUT2D eigenvalue weighted by molar-refractivity contribution is 6.31. The summed E-state index contributed by atoms with van der Waals surface area (Å²) < 4.78 is 5.94. The molecule has 2 aliphatic rings. The van der Waals surface area contributed by atoms with Crippen LogP contribution in [0.1, 0.15) is 40.0 Å². The van der Waals surface area contributed by atoms with Crippen LogP contribution in [0.4, 0.5) is 5.69 Å². The third-order valence-electron chi connectivity index (χ3n) is 6.37. The third-order valence-corrected chi connectivity index (χ3v) is 6.61. The number of ether oxygens (including phenoxy) is 1. The van der Waals surface area contributed by atoms with Gasteiger partial charge >= 0.3 is 0 Å². The molecule has 1 aliphatic heterocycles. The molecule has 2 aromatic rings. The number of carbonyl (C=O) groups excluding carboxylic acids is 3. The molecule has 2 fully saturated rings. The fourth-order valence-corrected chi connectivity index (χ4v) is 5.41. The van der Waals surface area contributed by atoms with E-state index >= 15 is 0 Å². The Kier molecular flexibility index (Phi) is 5.09. The van der Waals surface area contributed by atoms with Gasteiger partial charge in [-0.05, 0) is 49.6 Å². The minimum Gasteiger partial charge on any atom is -0.455 e. The lowest BCUT2D eigenvalue weighted by molar-refractivity contribution is -0.163. The molecule has 0 spiro atoms. The highest BCUT2D eigenvalue weighted by Gasteiger charge is 2.60. The van der Waals surface area contributed by atoms with Gasteiger partial charge in [-0.15, -0.1) is 0 Å². The Bertz CT molecular complexity index is 1040. The second kappa shape index (κ2) is 7.38. The number of hydrogen-bond donors (Lipinski definition) is 2. The van der Waals surface area contributed by atoms with Crippen LogP contribution in [0.5, 0.6) is 11.5 Å². The van der Waals surface area contributed by atoms with Crippen molar-refractivity contribution in [1.82, 2.24) is 5.32 Å². The molecular weight excluding hydrogens is 416 g/mol. The molecule has 1 saturated heterocycles. The predicted octanol–water partition coefficient (Wildman–Crippen LogP) is 4.93. The number of halogens is 1. The van der Waals surface area contributed by atoms with Gasteiger partial charge < -0.3 is 10.1 Å². The van der Waals surface area contributed by atoms with Crippen LogP contribution in [0.3, 0.4) is 0 Å². The van der Waals surface area contributed by atoms with Crippen LogP contribution in [0.25, 0.3) is 0 Å². The number of hydrogen-bond acceptors (Lipinski definition) is 4. The normalized spacial score (nSPS) is 29.8. The minimum absolute atomic E-state index is 0.271. The Balaban J connectivity index is 1.63. The lowest BCUT2D eigenvalue weighted by atomic mass is 9.52. The molecule has 31 heavy (non-hydrogen) atoms. The number of benzene rings is 2. The maximum Gasteiger partial charge on any atom is 0.232 e. The zero-order valence-electron chi connectivity index (χ0n) is 17.8. The van der Waals surface area contributed by atoms with E-state index in [1.807, 2.05) is 51.1 Å². The van der Waals surface area contributed by atoms with Crippen LogP contribution in [0, 0.1) is 16.2 Å². The van der Waals surface area contributed by atoms with Crippen LogP contribution < -0.4 is 15.4 Å². The summed E-state index contributed by atoms with van der Waals surface area (Å²) in [4.78, 5) is 38.6. The molecular formula is C24H25ClN2O4. The third kappa shape index (κ3) is 3.92. The van der Waals surface area contributed by atoms with E-state index in [1.54, 1.807) is 18.2 Å². The summed E-state index contributed by atoms with van der Waals surface area (Å²) in [6, 6.07) is 14.2. The lowest BCUT2D eigenvalue weighted by Gasteiger charge is -2.53.